The number of likely N-dealkylation sites (tertiary alicyclic amines) is 1. The molecule has 0 aromatic carbocycles. The minimum absolute atomic E-state index is 0.184. The van der Waals surface area contributed by atoms with Gasteiger partial charge in [-0.05, 0) is 33.5 Å². The van der Waals surface area contributed by atoms with Crippen molar-refractivity contribution in [3.05, 3.63) is 0 Å². The van der Waals surface area contributed by atoms with Gasteiger partial charge in [0.1, 0.15) is 5.78 Å². The third-order valence-corrected chi connectivity index (χ3v) is 3.54. The molecule has 1 heterocycles. The van der Waals surface area contributed by atoms with E-state index in [4.69, 9.17) is 0 Å². The number of carbonyl (C=O) groups is 1. The smallest absolute Gasteiger partial charge is 0.139 e. The molecule has 1 rings (SSSR count). The maximum Gasteiger partial charge on any atom is 0.139 e. The van der Waals surface area contributed by atoms with Gasteiger partial charge in [0.25, 0.3) is 0 Å². The van der Waals surface area contributed by atoms with E-state index in [1.807, 2.05) is 20.8 Å². The van der Waals surface area contributed by atoms with Crippen LogP contribution in [-0.2, 0) is 4.79 Å². The number of Topliss-reactive ketones (excluding diaryl/α,β-unsaturated/α-hetero) is 1. The summed E-state index contributed by atoms with van der Waals surface area (Å²) in [6, 6.07) is 0.651. The molecule has 0 aliphatic carbocycles. The van der Waals surface area contributed by atoms with Crippen molar-refractivity contribution in [2.45, 2.75) is 46.1 Å². The second-order valence-electron chi connectivity index (χ2n) is 6.52. The van der Waals surface area contributed by atoms with Crippen molar-refractivity contribution in [3.8, 4) is 0 Å². The molecule has 3 nitrogen and oxygen atoms in total. The van der Waals surface area contributed by atoms with Crippen molar-refractivity contribution in [1.82, 2.24) is 9.80 Å². The largest absolute Gasteiger partial charge is 0.308 e. The van der Waals surface area contributed by atoms with Crippen LogP contribution in [0.15, 0.2) is 0 Å². The summed E-state index contributed by atoms with van der Waals surface area (Å²) in [6.45, 7) is 9.25. The number of likely N-dealkylation sites (N-methyl/N-ethyl adjacent to an activating group) is 1. The van der Waals surface area contributed by atoms with Crippen LogP contribution >= 0.6 is 0 Å². The summed E-state index contributed by atoms with van der Waals surface area (Å²) in [5, 5.41) is 0. The van der Waals surface area contributed by atoms with Gasteiger partial charge >= 0.3 is 0 Å². The molecule has 0 radical (unpaired) electrons. The third-order valence-electron chi connectivity index (χ3n) is 3.54. The van der Waals surface area contributed by atoms with Gasteiger partial charge < -0.3 is 4.90 Å². The minimum atomic E-state index is -0.184. The normalized spacial score (nSPS) is 22.4. The molecule has 0 aromatic heterocycles. The summed E-state index contributed by atoms with van der Waals surface area (Å²) < 4.78 is 0. The van der Waals surface area contributed by atoms with Crippen LogP contribution in [0.1, 0.15) is 40.0 Å². The molecule has 0 N–H and O–H groups in total. The highest BCUT2D eigenvalue weighted by Crippen LogP contribution is 2.21. The highest BCUT2D eigenvalue weighted by Gasteiger charge is 2.27. The van der Waals surface area contributed by atoms with Crippen LogP contribution < -0.4 is 0 Å². The molecule has 1 saturated heterocycles. The molecular weight excluding hydrogens is 212 g/mol. The molecule has 0 spiro atoms. The molecule has 1 atom stereocenters. The second-order valence-corrected chi connectivity index (χ2v) is 6.52. The SMILES string of the molecule is CN(C)CC1CCCN1CCC(=O)C(C)(C)C. The quantitative estimate of drug-likeness (QED) is 0.734. The van der Waals surface area contributed by atoms with Crippen LogP contribution in [0.4, 0.5) is 0 Å². The molecule has 0 aromatic rings. The molecule has 1 aliphatic heterocycles. The van der Waals surface area contributed by atoms with E-state index in [0.717, 1.165) is 19.6 Å². The Morgan fingerprint density at radius 3 is 2.53 bits per heavy atom. The van der Waals surface area contributed by atoms with Gasteiger partial charge in [-0.3, -0.25) is 9.69 Å². The number of ketones is 1. The van der Waals surface area contributed by atoms with Crippen molar-refractivity contribution >= 4 is 5.78 Å². The molecule has 0 saturated carbocycles. The lowest BCUT2D eigenvalue weighted by molar-refractivity contribution is -0.126. The van der Waals surface area contributed by atoms with E-state index in [1.54, 1.807) is 0 Å². The van der Waals surface area contributed by atoms with Crippen LogP contribution in [0.2, 0.25) is 0 Å². The predicted octanol–water partition coefficient (Wildman–Crippen LogP) is 2.02. The Morgan fingerprint density at radius 1 is 1.35 bits per heavy atom. The Labute approximate surface area is 106 Å². The van der Waals surface area contributed by atoms with Gasteiger partial charge in [0.2, 0.25) is 0 Å². The fraction of sp³-hybridized carbons (Fsp3) is 0.929. The van der Waals surface area contributed by atoms with Gasteiger partial charge in [0.05, 0.1) is 0 Å². The molecule has 1 aliphatic rings. The number of hydrogen-bond acceptors (Lipinski definition) is 3. The van der Waals surface area contributed by atoms with Crippen LogP contribution in [0, 0.1) is 5.41 Å². The molecule has 1 fully saturated rings. The van der Waals surface area contributed by atoms with Crippen molar-refractivity contribution in [3.63, 3.8) is 0 Å². The first-order chi connectivity index (χ1) is 7.80. The van der Waals surface area contributed by atoms with Crippen molar-refractivity contribution in [2.24, 2.45) is 5.41 Å². The highest BCUT2D eigenvalue weighted by molar-refractivity contribution is 5.83. The first-order valence-corrected chi connectivity index (χ1v) is 6.73. The zero-order valence-electron chi connectivity index (χ0n) is 12.1. The van der Waals surface area contributed by atoms with E-state index in [0.29, 0.717) is 18.2 Å². The fourth-order valence-corrected chi connectivity index (χ4v) is 2.44. The maximum absolute atomic E-state index is 11.9. The Morgan fingerprint density at radius 2 is 2.00 bits per heavy atom. The molecule has 17 heavy (non-hydrogen) atoms. The first kappa shape index (κ1) is 14.7. The van der Waals surface area contributed by atoms with E-state index in [-0.39, 0.29) is 5.41 Å². The molecule has 0 bridgehead atoms. The van der Waals surface area contributed by atoms with Gasteiger partial charge in [-0.2, -0.15) is 0 Å². The Bertz CT molecular complexity index is 255. The summed E-state index contributed by atoms with van der Waals surface area (Å²) >= 11 is 0. The van der Waals surface area contributed by atoms with Crippen LogP contribution in [0.3, 0.4) is 0 Å². The summed E-state index contributed by atoms with van der Waals surface area (Å²) in [5.74, 6) is 0.382. The Kier molecular flexibility index (Phi) is 5.14. The van der Waals surface area contributed by atoms with E-state index in [9.17, 15) is 4.79 Å². The van der Waals surface area contributed by atoms with E-state index in [1.165, 1.54) is 12.8 Å². The average molecular weight is 240 g/mol. The third kappa shape index (κ3) is 4.76. The van der Waals surface area contributed by atoms with Crippen molar-refractivity contribution in [2.75, 3.05) is 33.7 Å². The zero-order chi connectivity index (χ0) is 13.1. The molecular formula is C14H28N2O. The minimum Gasteiger partial charge on any atom is -0.308 e. The molecule has 3 heteroatoms. The number of rotatable bonds is 5. The highest BCUT2D eigenvalue weighted by atomic mass is 16.1. The fourth-order valence-electron chi connectivity index (χ4n) is 2.44. The number of hydrogen-bond donors (Lipinski definition) is 0. The number of nitrogens with zero attached hydrogens (tertiary/aromatic N) is 2. The van der Waals surface area contributed by atoms with E-state index >= 15 is 0 Å². The maximum atomic E-state index is 11.9. The van der Waals surface area contributed by atoms with Gasteiger partial charge in [0, 0.05) is 31.0 Å². The number of carbonyl (C=O) groups excluding carboxylic acids is 1. The van der Waals surface area contributed by atoms with Crippen molar-refractivity contribution in [1.29, 1.82) is 0 Å². The van der Waals surface area contributed by atoms with Gasteiger partial charge in [-0.25, -0.2) is 0 Å². The first-order valence-electron chi connectivity index (χ1n) is 6.73. The lowest BCUT2D eigenvalue weighted by Gasteiger charge is -2.27. The second kappa shape index (κ2) is 5.96. The van der Waals surface area contributed by atoms with Gasteiger partial charge in [0.15, 0.2) is 0 Å². The van der Waals surface area contributed by atoms with E-state index in [2.05, 4.69) is 23.9 Å². The Balaban J connectivity index is 2.38. The molecule has 100 valence electrons. The standard InChI is InChI=1S/C14H28N2O/c1-14(2,3)13(17)8-10-16-9-6-7-12(16)11-15(4)5/h12H,6-11H2,1-5H3. The lowest BCUT2D eigenvalue weighted by Crippen LogP contribution is -2.39. The topological polar surface area (TPSA) is 23.6 Å². The summed E-state index contributed by atoms with van der Waals surface area (Å²) in [7, 11) is 4.24. The summed E-state index contributed by atoms with van der Waals surface area (Å²) in [4.78, 5) is 16.6. The lowest BCUT2D eigenvalue weighted by atomic mass is 9.89. The van der Waals surface area contributed by atoms with Gasteiger partial charge in [-0.1, -0.05) is 20.8 Å². The molecule has 1 unspecified atom stereocenters. The van der Waals surface area contributed by atoms with Crippen LogP contribution in [0.5, 0.6) is 0 Å². The summed E-state index contributed by atoms with van der Waals surface area (Å²) in [6.07, 6.45) is 3.26. The monoisotopic (exact) mass is 240 g/mol. The Hall–Kier alpha value is -0.410. The molecule has 0 amide bonds. The summed E-state index contributed by atoms with van der Waals surface area (Å²) in [5.41, 5.74) is -0.184. The zero-order valence-corrected chi connectivity index (χ0v) is 12.1. The van der Waals surface area contributed by atoms with Gasteiger partial charge in [-0.15, -0.1) is 0 Å². The van der Waals surface area contributed by atoms with Crippen LogP contribution in [-0.4, -0.2) is 55.4 Å². The van der Waals surface area contributed by atoms with E-state index < -0.39 is 0 Å². The van der Waals surface area contributed by atoms with Crippen LogP contribution in [0.25, 0.3) is 0 Å². The average Bonchev–Trinajstić information content (AvgIpc) is 2.59. The van der Waals surface area contributed by atoms with Crippen molar-refractivity contribution < 1.29 is 4.79 Å². The predicted molar refractivity (Wildman–Crippen MR) is 72.2 cm³/mol.